The summed E-state index contributed by atoms with van der Waals surface area (Å²) in [6.07, 6.45) is 3.64. The summed E-state index contributed by atoms with van der Waals surface area (Å²) >= 11 is 0. The van der Waals surface area contributed by atoms with Crippen LogP contribution in [0.5, 0.6) is 0 Å². The fraction of sp³-hybridized carbons (Fsp3) is 0.200. The molecule has 0 saturated carbocycles. The summed E-state index contributed by atoms with van der Waals surface area (Å²) in [5.74, 6) is 0.473. The molecule has 1 atom stereocenters. The fourth-order valence-electron chi connectivity index (χ4n) is 3.55. The molecule has 0 aliphatic rings. The van der Waals surface area contributed by atoms with Gasteiger partial charge in [-0.15, -0.1) is 0 Å². The second-order valence-corrected chi connectivity index (χ2v) is 5.96. The molecule has 0 saturated heterocycles. The largest absolute Gasteiger partial charge is 0.369 e. The Hall–Kier alpha value is -2.88. The molecule has 3 aromatic rings. The van der Waals surface area contributed by atoms with E-state index in [-0.39, 0.29) is 11.9 Å². The fourth-order valence-corrected chi connectivity index (χ4v) is 3.55. The third-order valence-electron chi connectivity index (χ3n) is 4.75. The smallest absolute Gasteiger partial charge is 0.234 e. The first-order valence-corrected chi connectivity index (χ1v) is 7.99. The SMILES string of the molecule is Cc1nccn1C(C)C(C(N)=O)(c1ccccc1)c1ccccc1. The maximum absolute atomic E-state index is 12.9. The molecular weight excluding hydrogens is 298 g/mol. The monoisotopic (exact) mass is 319 g/mol. The van der Waals surface area contributed by atoms with E-state index in [0.717, 1.165) is 17.0 Å². The lowest BCUT2D eigenvalue weighted by atomic mass is 9.68. The van der Waals surface area contributed by atoms with Crippen molar-refractivity contribution in [1.82, 2.24) is 9.55 Å². The summed E-state index contributed by atoms with van der Waals surface area (Å²) in [4.78, 5) is 17.2. The summed E-state index contributed by atoms with van der Waals surface area (Å²) in [6.45, 7) is 3.94. The normalized spacial score (nSPS) is 12.8. The number of carbonyl (C=O) groups excluding carboxylic acids is 1. The standard InChI is InChI=1S/C20H21N3O/c1-15(23-14-13-22-16(23)2)20(19(21)24,17-9-5-3-6-10-17)18-11-7-4-8-12-18/h3-15H,1-2H3,(H2,21,24). The highest BCUT2D eigenvalue weighted by molar-refractivity contribution is 5.91. The highest BCUT2D eigenvalue weighted by atomic mass is 16.1. The topological polar surface area (TPSA) is 60.9 Å². The van der Waals surface area contributed by atoms with Gasteiger partial charge in [0.05, 0.1) is 6.04 Å². The molecule has 3 rings (SSSR count). The second-order valence-electron chi connectivity index (χ2n) is 5.96. The van der Waals surface area contributed by atoms with E-state index in [0.29, 0.717) is 0 Å². The molecule has 1 amide bonds. The van der Waals surface area contributed by atoms with Crippen LogP contribution in [0.2, 0.25) is 0 Å². The number of carbonyl (C=O) groups is 1. The molecule has 4 nitrogen and oxygen atoms in total. The summed E-state index contributed by atoms with van der Waals surface area (Å²) in [7, 11) is 0. The minimum absolute atomic E-state index is 0.220. The summed E-state index contributed by atoms with van der Waals surface area (Å²) in [5.41, 5.74) is 6.80. The van der Waals surface area contributed by atoms with E-state index < -0.39 is 5.41 Å². The molecule has 0 aliphatic carbocycles. The Labute approximate surface area is 142 Å². The zero-order chi connectivity index (χ0) is 17.2. The number of amides is 1. The average Bonchev–Trinajstić information content (AvgIpc) is 3.03. The molecule has 2 N–H and O–H groups in total. The second kappa shape index (κ2) is 6.32. The first-order chi connectivity index (χ1) is 11.6. The van der Waals surface area contributed by atoms with Crippen LogP contribution in [0.1, 0.15) is 29.9 Å². The number of nitrogens with two attached hydrogens (primary N) is 1. The molecule has 0 radical (unpaired) electrons. The van der Waals surface area contributed by atoms with Crippen molar-refractivity contribution in [2.24, 2.45) is 5.73 Å². The van der Waals surface area contributed by atoms with Gasteiger partial charge < -0.3 is 10.3 Å². The van der Waals surface area contributed by atoms with Crippen LogP contribution < -0.4 is 5.73 Å². The van der Waals surface area contributed by atoms with E-state index >= 15 is 0 Å². The Balaban J connectivity index is 2.31. The molecule has 24 heavy (non-hydrogen) atoms. The predicted molar refractivity (Wildman–Crippen MR) is 94.5 cm³/mol. The van der Waals surface area contributed by atoms with Crippen molar-refractivity contribution in [3.8, 4) is 0 Å². The summed E-state index contributed by atoms with van der Waals surface area (Å²) < 4.78 is 2.00. The van der Waals surface area contributed by atoms with Crippen molar-refractivity contribution in [3.63, 3.8) is 0 Å². The quantitative estimate of drug-likeness (QED) is 0.785. The van der Waals surface area contributed by atoms with Crippen molar-refractivity contribution in [1.29, 1.82) is 0 Å². The number of hydrogen-bond acceptors (Lipinski definition) is 2. The predicted octanol–water partition coefficient (Wildman–Crippen LogP) is 3.22. The van der Waals surface area contributed by atoms with Gasteiger partial charge >= 0.3 is 0 Å². The van der Waals surface area contributed by atoms with E-state index in [2.05, 4.69) is 4.98 Å². The van der Waals surface area contributed by atoms with Gasteiger partial charge in [-0.3, -0.25) is 4.79 Å². The van der Waals surface area contributed by atoms with Gasteiger partial charge in [0.25, 0.3) is 0 Å². The number of aryl methyl sites for hydroxylation is 1. The third-order valence-corrected chi connectivity index (χ3v) is 4.75. The van der Waals surface area contributed by atoms with Gasteiger partial charge in [-0.2, -0.15) is 0 Å². The molecule has 0 spiro atoms. The first-order valence-electron chi connectivity index (χ1n) is 7.99. The van der Waals surface area contributed by atoms with Crippen LogP contribution in [0, 0.1) is 6.92 Å². The zero-order valence-electron chi connectivity index (χ0n) is 13.9. The van der Waals surface area contributed by atoms with Crippen LogP contribution in [0.4, 0.5) is 0 Å². The number of primary amides is 1. The lowest BCUT2D eigenvalue weighted by Crippen LogP contribution is -2.48. The maximum atomic E-state index is 12.9. The zero-order valence-corrected chi connectivity index (χ0v) is 13.9. The molecule has 1 unspecified atom stereocenters. The van der Waals surface area contributed by atoms with Crippen LogP contribution in [-0.4, -0.2) is 15.5 Å². The lowest BCUT2D eigenvalue weighted by Gasteiger charge is -2.38. The molecule has 2 aromatic carbocycles. The lowest BCUT2D eigenvalue weighted by molar-refractivity contribution is -0.123. The van der Waals surface area contributed by atoms with Gasteiger partial charge in [-0.05, 0) is 25.0 Å². The highest BCUT2D eigenvalue weighted by Crippen LogP contribution is 2.42. The number of hydrogen-bond donors (Lipinski definition) is 1. The number of nitrogens with zero attached hydrogens (tertiary/aromatic N) is 2. The van der Waals surface area contributed by atoms with Crippen molar-refractivity contribution in [2.75, 3.05) is 0 Å². The molecule has 1 aromatic heterocycles. The van der Waals surface area contributed by atoms with Crippen LogP contribution in [0.25, 0.3) is 0 Å². The Bertz CT molecular complexity index is 785. The van der Waals surface area contributed by atoms with E-state index in [4.69, 9.17) is 5.73 Å². The summed E-state index contributed by atoms with van der Waals surface area (Å²) in [5, 5.41) is 0. The van der Waals surface area contributed by atoms with Gasteiger partial charge in [0.1, 0.15) is 11.2 Å². The van der Waals surface area contributed by atoms with Gasteiger partial charge in [0.2, 0.25) is 5.91 Å². The van der Waals surface area contributed by atoms with Crippen molar-refractivity contribution >= 4 is 5.91 Å². The molecule has 0 aliphatic heterocycles. The Kier molecular flexibility index (Phi) is 4.21. The van der Waals surface area contributed by atoms with Crippen LogP contribution in [0.3, 0.4) is 0 Å². The molecular formula is C20H21N3O. The van der Waals surface area contributed by atoms with Gasteiger partial charge in [0.15, 0.2) is 0 Å². The first kappa shape index (κ1) is 16.0. The van der Waals surface area contributed by atoms with Crippen LogP contribution in [0.15, 0.2) is 73.1 Å². The van der Waals surface area contributed by atoms with Gasteiger partial charge in [-0.25, -0.2) is 4.98 Å². The van der Waals surface area contributed by atoms with E-state index in [1.165, 1.54) is 0 Å². The van der Waals surface area contributed by atoms with Crippen LogP contribution >= 0.6 is 0 Å². The molecule has 122 valence electrons. The third kappa shape index (κ3) is 2.40. The molecule has 0 fully saturated rings. The number of imidazole rings is 1. The van der Waals surface area contributed by atoms with Crippen molar-refractivity contribution < 1.29 is 4.79 Å². The van der Waals surface area contributed by atoms with Gasteiger partial charge in [-0.1, -0.05) is 60.7 Å². The Morgan fingerprint density at radius 2 is 1.54 bits per heavy atom. The molecule has 4 heteroatoms. The number of rotatable bonds is 5. The minimum atomic E-state index is -0.978. The number of benzene rings is 2. The Morgan fingerprint density at radius 1 is 1.04 bits per heavy atom. The number of aromatic nitrogens is 2. The maximum Gasteiger partial charge on any atom is 0.234 e. The van der Waals surface area contributed by atoms with E-state index in [1.807, 2.05) is 85.3 Å². The summed E-state index contributed by atoms with van der Waals surface area (Å²) in [6, 6.07) is 19.2. The molecule has 1 heterocycles. The van der Waals surface area contributed by atoms with E-state index in [9.17, 15) is 4.79 Å². The van der Waals surface area contributed by atoms with Crippen molar-refractivity contribution in [3.05, 3.63) is 90.0 Å². The molecule has 0 bridgehead atoms. The average molecular weight is 319 g/mol. The van der Waals surface area contributed by atoms with Gasteiger partial charge in [0, 0.05) is 12.4 Å². The Morgan fingerprint density at radius 3 is 1.92 bits per heavy atom. The minimum Gasteiger partial charge on any atom is -0.369 e. The van der Waals surface area contributed by atoms with Crippen LogP contribution in [-0.2, 0) is 10.2 Å². The van der Waals surface area contributed by atoms with Crippen molar-refractivity contribution in [2.45, 2.75) is 25.3 Å². The van der Waals surface area contributed by atoms with E-state index in [1.54, 1.807) is 6.20 Å². The highest BCUT2D eigenvalue weighted by Gasteiger charge is 2.46.